The van der Waals surface area contributed by atoms with Gasteiger partial charge in [-0.2, -0.15) is 0 Å². The molecule has 1 unspecified atom stereocenters. The van der Waals surface area contributed by atoms with Crippen molar-refractivity contribution >= 4 is 45.0 Å². The minimum Gasteiger partial charge on any atom is -0.342 e. The number of sulfonamides is 1. The third kappa shape index (κ3) is 5.73. The minimum atomic E-state index is -3.94. The second kappa shape index (κ2) is 10.5. The molecule has 2 saturated heterocycles. The van der Waals surface area contributed by atoms with Crippen LogP contribution in [-0.2, 0) is 29.2 Å². The summed E-state index contributed by atoms with van der Waals surface area (Å²) in [6.45, 7) is 2.33. The Balaban J connectivity index is 1.28. The standard InChI is InChI=1S/C25H28N4O6S/c1-17(30)27-36(34,35)22-9-7-20(8-10-22)26-24(32)18-11-13-28(14-12-18)25(33)19-15-23(31)29(16-19)21-5-3-2-4-6-21/h2-10,18-19H,11-16H2,1H3,(H,26,32)(H,27,30). The lowest BCUT2D eigenvalue weighted by molar-refractivity contribution is -0.138. The number of hydrogen-bond acceptors (Lipinski definition) is 6. The summed E-state index contributed by atoms with van der Waals surface area (Å²) in [5.74, 6) is -1.70. The topological polar surface area (TPSA) is 133 Å². The minimum absolute atomic E-state index is 0.0587. The van der Waals surface area contributed by atoms with Gasteiger partial charge in [-0.25, -0.2) is 13.1 Å². The van der Waals surface area contributed by atoms with Crippen LogP contribution in [0.4, 0.5) is 11.4 Å². The lowest BCUT2D eigenvalue weighted by Crippen LogP contribution is -2.44. The van der Waals surface area contributed by atoms with Crippen molar-refractivity contribution in [2.24, 2.45) is 11.8 Å². The van der Waals surface area contributed by atoms with Crippen LogP contribution < -0.4 is 14.9 Å². The number of nitrogens with one attached hydrogen (secondary N) is 2. The number of benzene rings is 2. The molecule has 2 aliphatic heterocycles. The van der Waals surface area contributed by atoms with Gasteiger partial charge < -0.3 is 15.1 Å². The highest BCUT2D eigenvalue weighted by atomic mass is 32.2. The second-order valence-corrected chi connectivity index (χ2v) is 10.7. The van der Waals surface area contributed by atoms with Crippen molar-refractivity contribution in [2.45, 2.75) is 31.1 Å². The van der Waals surface area contributed by atoms with Crippen LogP contribution in [0.5, 0.6) is 0 Å². The number of carbonyl (C=O) groups excluding carboxylic acids is 4. The molecule has 11 heteroatoms. The number of rotatable bonds is 6. The quantitative estimate of drug-likeness (QED) is 0.606. The van der Waals surface area contributed by atoms with Crippen molar-refractivity contribution in [1.82, 2.24) is 9.62 Å². The van der Waals surface area contributed by atoms with E-state index >= 15 is 0 Å². The van der Waals surface area contributed by atoms with Gasteiger partial charge in [-0.05, 0) is 49.2 Å². The molecule has 36 heavy (non-hydrogen) atoms. The van der Waals surface area contributed by atoms with E-state index in [2.05, 4.69) is 5.32 Å². The Kier molecular flexibility index (Phi) is 7.39. The van der Waals surface area contributed by atoms with Crippen LogP contribution in [0.1, 0.15) is 26.2 Å². The number of carbonyl (C=O) groups is 4. The molecule has 2 heterocycles. The second-order valence-electron chi connectivity index (χ2n) is 9.02. The SMILES string of the molecule is CC(=O)NS(=O)(=O)c1ccc(NC(=O)C2CCN(C(=O)C3CC(=O)N(c4ccccc4)C3)CC2)cc1. The number of para-hydroxylation sites is 1. The van der Waals surface area contributed by atoms with E-state index < -0.39 is 21.8 Å². The van der Waals surface area contributed by atoms with Crippen LogP contribution in [-0.4, -0.2) is 56.6 Å². The van der Waals surface area contributed by atoms with E-state index in [4.69, 9.17) is 0 Å². The average molecular weight is 513 g/mol. The summed E-state index contributed by atoms with van der Waals surface area (Å²) in [4.78, 5) is 52.6. The first-order chi connectivity index (χ1) is 17.1. The predicted octanol–water partition coefficient (Wildman–Crippen LogP) is 1.74. The largest absolute Gasteiger partial charge is 0.342 e. The molecule has 2 fully saturated rings. The van der Waals surface area contributed by atoms with E-state index in [0.29, 0.717) is 38.2 Å². The molecule has 10 nitrogen and oxygen atoms in total. The number of anilines is 2. The van der Waals surface area contributed by atoms with Gasteiger partial charge in [0.25, 0.3) is 10.0 Å². The van der Waals surface area contributed by atoms with E-state index in [1.807, 2.05) is 35.1 Å². The van der Waals surface area contributed by atoms with Gasteiger partial charge in [0.2, 0.25) is 23.6 Å². The van der Waals surface area contributed by atoms with Gasteiger partial charge in [-0.3, -0.25) is 19.2 Å². The molecule has 190 valence electrons. The normalized spacial score (nSPS) is 18.7. The Morgan fingerprint density at radius 1 is 0.917 bits per heavy atom. The molecule has 0 spiro atoms. The molecule has 2 aromatic rings. The first kappa shape index (κ1) is 25.4. The van der Waals surface area contributed by atoms with E-state index in [1.54, 1.807) is 9.80 Å². The zero-order valence-electron chi connectivity index (χ0n) is 19.8. The fraction of sp³-hybridized carbons (Fsp3) is 0.360. The van der Waals surface area contributed by atoms with Crippen molar-refractivity contribution in [1.29, 1.82) is 0 Å². The van der Waals surface area contributed by atoms with Gasteiger partial charge in [0.15, 0.2) is 0 Å². The summed E-state index contributed by atoms with van der Waals surface area (Å²) in [6, 6.07) is 14.8. The molecule has 0 aromatic heterocycles. The van der Waals surface area contributed by atoms with E-state index in [1.165, 1.54) is 24.3 Å². The van der Waals surface area contributed by atoms with E-state index in [0.717, 1.165) is 12.6 Å². The monoisotopic (exact) mass is 512 g/mol. The summed E-state index contributed by atoms with van der Waals surface area (Å²) in [7, 11) is -3.94. The Hall–Kier alpha value is -3.73. The van der Waals surface area contributed by atoms with Crippen molar-refractivity contribution in [3.63, 3.8) is 0 Å². The average Bonchev–Trinajstić information content (AvgIpc) is 3.25. The first-order valence-corrected chi connectivity index (χ1v) is 13.2. The molecule has 2 N–H and O–H groups in total. The van der Waals surface area contributed by atoms with Crippen molar-refractivity contribution in [3.8, 4) is 0 Å². The number of nitrogens with zero attached hydrogens (tertiary/aromatic N) is 2. The Morgan fingerprint density at radius 2 is 1.56 bits per heavy atom. The van der Waals surface area contributed by atoms with Crippen LogP contribution in [0, 0.1) is 11.8 Å². The molecule has 0 radical (unpaired) electrons. The highest BCUT2D eigenvalue weighted by Crippen LogP contribution is 2.28. The molecule has 0 aliphatic carbocycles. The van der Waals surface area contributed by atoms with Gasteiger partial charge in [-0.15, -0.1) is 0 Å². The highest BCUT2D eigenvalue weighted by Gasteiger charge is 2.38. The summed E-state index contributed by atoms with van der Waals surface area (Å²) >= 11 is 0. The summed E-state index contributed by atoms with van der Waals surface area (Å²) in [6.07, 6.45) is 1.17. The zero-order chi connectivity index (χ0) is 25.9. The molecule has 2 aromatic carbocycles. The van der Waals surface area contributed by atoms with Gasteiger partial charge >= 0.3 is 0 Å². The third-order valence-electron chi connectivity index (χ3n) is 6.43. The van der Waals surface area contributed by atoms with Gasteiger partial charge in [0, 0.05) is 50.3 Å². The van der Waals surface area contributed by atoms with Gasteiger partial charge in [0.1, 0.15) is 0 Å². The molecule has 4 rings (SSSR count). The molecular formula is C25H28N4O6S. The Morgan fingerprint density at radius 3 is 2.17 bits per heavy atom. The maximum Gasteiger partial charge on any atom is 0.264 e. The molecule has 0 bridgehead atoms. The fourth-order valence-corrected chi connectivity index (χ4v) is 5.55. The van der Waals surface area contributed by atoms with Crippen LogP contribution in [0.2, 0.25) is 0 Å². The van der Waals surface area contributed by atoms with Crippen LogP contribution in [0.25, 0.3) is 0 Å². The molecule has 1 atom stereocenters. The van der Waals surface area contributed by atoms with Crippen molar-refractivity contribution < 1.29 is 27.6 Å². The zero-order valence-corrected chi connectivity index (χ0v) is 20.7. The van der Waals surface area contributed by atoms with E-state index in [-0.39, 0.29) is 35.0 Å². The fourth-order valence-electron chi connectivity index (χ4n) is 4.56. The maximum atomic E-state index is 13.0. The highest BCUT2D eigenvalue weighted by molar-refractivity contribution is 7.90. The number of likely N-dealkylation sites (tertiary alicyclic amines) is 1. The van der Waals surface area contributed by atoms with Crippen molar-refractivity contribution in [2.75, 3.05) is 29.9 Å². The molecule has 0 saturated carbocycles. The maximum absolute atomic E-state index is 13.0. The third-order valence-corrected chi connectivity index (χ3v) is 7.88. The van der Waals surface area contributed by atoms with Crippen LogP contribution in [0.3, 0.4) is 0 Å². The van der Waals surface area contributed by atoms with Gasteiger partial charge in [-0.1, -0.05) is 18.2 Å². The smallest absolute Gasteiger partial charge is 0.264 e. The number of piperidine rings is 1. The summed E-state index contributed by atoms with van der Waals surface area (Å²) in [5.41, 5.74) is 1.22. The number of amides is 4. The van der Waals surface area contributed by atoms with Crippen LogP contribution in [0.15, 0.2) is 59.5 Å². The molecule has 2 aliphatic rings. The van der Waals surface area contributed by atoms with Crippen LogP contribution >= 0.6 is 0 Å². The first-order valence-electron chi connectivity index (χ1n) is 11.7. The Labute approximate surface area is 209 Å². The molecule has 4 amide bonds. The predicted molar refractivity (Wildman–Crippen MR) is 132 cm³/mol. The number of hydrogen-bond donors (Lipinski definition) is 2. The van der Waals surface area contributed by atoms with Gasteiger partial charge in [0.05, 0.1) is 10.8 Å². The van der Waals surface area contributed by atoms with Crippen molar-refractivity contribution in [3.05, 3.63) is 54.6 Å². The summed E-state index contributed by atoms with van der Waals surface area (Å²) in [5, 5.41) is 2.78. The summed E-state index contributed by atoms with van der Waals surface area (Å²) < 4.78 is 26.0. The Bertz CT molecular complexity index is 1260. The molecular weight excluding hydrogens is 484 g/mol. The lowest BCUT2D eigenvalue weighted by Gasteiger charge is -2.33. The van der Waals surface area contributed by atoms with E-state index in [9.17, 15) is 27.6 Å². The lowest BCUT2D eigenvalue weighted by atomic mass is 9.94.